The smallest absolute Gasteiger partial charge is 0.0555 e. The zero-order valence-corrected chi connectivity index (χ0v) is 11.3. The Kier molecular flexibility index (Phi) is 5.60. The van der Waals surface area contributed by atoms with Crippen molar-refractivity contribution in [3.05, 3.63) is 35.4 Å². The molecule has 96 valence electrons. The molecule has 18 heavy (non-hydrogen) atoms. The maximum absolute atomic E-state index is 5.38. The quantitative estimate of drug-likeness (QED) is 0.849. The fourth-order valence-electron chi connectivity index (χ4n) is 1.95. The van der Waals surface area contributed by atoms with Crippen LogP contribution in [-0.4, -0.2) is 25.0 Å². The Bertz CT molecular complexity index is 430. The molecule has 1 aliphatic rings. The summed E-state index contributed by atoms with van der Waals surface area (Å²) in [6, 6.07) is 8.43. The third-order valence-electron chi connectivity index (χ3n) is 2.92. The number of hydrogen-bond donors (Lipinski definition) is 1. The number of thioether (sulfide) groups is 1. The second-order valence-electron chi connectivity index (χ2n) is 4.33. The van der Waals surface area contributed by atoms with E-state index in [4.69, 9.17) is 10.5 Å². The van der Waals surface area contributed by atoms with Gasteiger partial charge in [-0.3, -0.25) is 0 Å². The van der Waals surface area contributed by atoms with Gasteiger partial charge >= 0.3 is 0 Å². The number of rotatable bonds is 3. The molecule has 0 radical (unpaired) electrons. The summed E-state index contributed by atoms with van der Waals surface area (Å²) in [6.07, 6.45) is 2.36. The highest BCUT2D eigenvalue weighted by atomic mass is 32.2. The van der Waals surface area contributed by atoms with Gasteiger partial charge in [-0.15, -0.1) is 0 Å². The van der Waals surface area contributed by atoms with Gasteiger partial charge < -0.3 is 10.5 Å². The van der Waals surface area contributed by atoms with Crippen molar-refractivity contribution in [3.63, 3.8) is 0 Å². The molecule has 2 N–H and O–H groups in total. The molecule has 0 spiro atoms. The van der Waals surface area contributed by atoms with Gasteiger partial charge in [0.2, 0.25) is 0 Å². The van der Waals surface area contributed by atoms with Crippen molar-refractivity contribution in [2.24, 2.45) is 5.73 Å². The zero-order chi connectivity index (χ0) is 12.6. The van der Waals surface area contributed by atoms with Gasteiger partial charge in [-0.2, -0.15) is 11.8 Å². The van der Waals surface area contributed by atoms with Crippen LogP contribution in [0.15, 0.2) is 24.3 Å². The molecule has 0 aliphatic carbocycles. The normalized spacial score (nSPS) is 16.1. The van der Waals surface area contributed by atoms with Gasteiger partial charge in [0.1, 0.15) is 0 Å². The average Bonchev–Trinajstić information content (AvgIpc) is 2.44. The van der Waals surface area contributed by atoms with E-state index in [9.17, 15) is 0 Å². The summed E-state index contributed by atoms with van der Waals surface area (Å²) < 4.78 is 5.37. The number of benzene rings is 1. The van der Waals surface area contributed by atoms with Crippen LogP contribution >= 0.6 is 11.8 Å². The molecule has 1 fully saturated rings. The van der Waals surface area contributed by atoms with Gasteiger partial charge in [0, 0.05) is 29.8 Å². The van der Waals surface area contributed by atoms with Gasteiger partial charge in [0.25, 0.3) is 0 Å². The predicted molar refractivity (Wildman–Crippen MR) is 77.5 cm³/mol. The average molecular weight is 261 g/mol. The first-order valence-electron chi connectivity index (χ1n) is 6.35. The molecule has 0 unspecified atom stereocenters. The molecule has 0 bridgehead atoms. The summed E-state index contributed by atoms with van der Waals surface area (Å²) in [6.45, 7) is 2.25. The Hall–Kier alpha value is -0.950. The molecule has 0 aromatic heterocycles. The van der Waals surface area contributed by atoms with Crippen LogP contribution < -0.4 is 5.73 Å². The first kappa shape index (κ1) is 13.5. The van der Waals surface area contributed by atoms with E-state index in [1.54, 1.807) is 0 Å². The summed E-state index contributed by atoms with van der Waals surface area (Å²) in [5.41, 5.74) is 7.78. The van der Waals surface area contributed by atoms with Crippen LogP contribution in [0.2, 0.25) is 0 Å². The molecule has 1 aromatic rings. The van der Waals surface area contributed by atoms with Crippen LogP contribution in [0.1, 0.15) is 24.0 Å². The van der Waals surface area contributed by atoms with Crippen LogP contribution in [0, 0.1) is 11.8 Å². The molecule has 0 amide bonds. The predicted octanol–water partition coefficient (Wildman–Crippen LogP) is 2.41. The number of hydrogen-bond acceptors (Lipinski definition) is 3. The largest absolute Gasteiger partial charge is 0.381 e. The first-order valence-corrected chi connectivity index (χ1v) is 7.40. The fraction of sp³-hybridized carbons (Fsp3) is 0.467. The summed E-state index contributed by atoms with van der Waals surface area (Å²) in [7, 11) is 0. The van der Waals surface area contributed by atoms with Crippen molar-refractivity contribution in [3.8, 4) is 11.8 Å². The van der Waals surface area contributed by atoms with Crippen molar-refractivity contribution >= 4 is 11.8 Å². The van der Waals surface area contributed by atoms with Gasteiger partial charge in [0.15, 0.2) is 0 Å². The summed E-state index contributed by atoms with van der Waals surface area (Å²) in [5, 5.41) is 0.748. The zero-order valence-electron chi connectivity index (χ0n) is 10.5. The minimum absolute atomic E-state index is 0.418. The van der Waals surface area contributed by atoms with Gasteiger partial charge in [-0.1, -0.05) is 24.0 Å². The Morgan fingerprint density at radius 2 is 2.17 bits per heavy atom. The van der Waals surface area contributed by atoms with E-state index in [2.05, 4.69) is 30.0 Å². The van der Waals surface area contributed by atoms with E-state index in [-0.39, 0.29) is 0 Å². The van der Waals surface area contributed by atoms with E-state index < -0.39 is 0 Å². The minimum atomic E-state index is 0.418. The second kappa shape index (κ2) is 7.48. The van der Waals surface area contributed by atoms with Gasteiger partial charge in [-0.25, -0.2) is 0 Å². The van der Waals surface area contributed by atoms with Crippen LogP contribution in [0.3, 0.4) is 0 Å². The first-order chi connectivity index (χ1) is 8.88. The van der Waals surface area contributed by atoms with Gasteiger partial charge in [-0.05, 0) is 30.5 Å². The Morgan fingerprint density at radius 3 is 2.94 bits per heavy atom. The van der Waals surface area contributed by atoms with E-state index in [1.165, 1.54) is 18.4 Å². The third kappa shape index (κ3) is 4.38. The number of ether oxygens (including phenoxy) is 1. The van der Waals surface area contributed by atoms with Crippen molar-refractivity contribution < 1.29 is 4.74 Å². The highest BCUT2D eigenvalue weighted by Crippen LogP contribution is 2.25. The highest BCUT2D eigenvalue weighted by molar-refractivity contribution is 7.99. The third-order valence-corrected chi connectivity index (χ3v) is 4.36. The van der Waals surface area contributed by atoms with Crippen molar-refractivity contribution in [2.45, 2.75) is 23.8 Å². The lowest BCUT2D eigenvalue weighted by atomic mass is 10.1. The molecule has 2 rings (SSSR count). The van der Waals surface area contributed by atoms with Crippen LogP contribution in [-0.2, 0) is 10.5 Å². The minimum Gasteiger partial charge on any atom is -0.381 e. The molecular weight excluding hydrogens is 242 g/mol. The lowest BCUT2D eigenvalue weighted by Gasteiger charge is -2.21. The lowest BCUT2D eigenvalue weighted by Crippen LogP contribution is -2.17. The fourth-order valence-corrected chi connectivity index (χ4v) is 3.08. The Balaban J connectivity index is 1.88. The highest BCUT2D eigenvalue weighted by Gasteiger charge is 2.13. The maximum atomic E-state index is 5.38. The molecule has 2 nitrogen and oxygen atoms in total. The van der Waals surface area contributed by atoms with Crippen LogP contribution in [0.4, 0.5) is 0 Å². The molecule has 1 saturated heterocycles. The second-order valence-corrected chi connectivity index (χ2v) is 5.62. The van der Waals surface area contributed by atoms with E-state index in [0.717, 1.165) is 29.8 Å². The number of nitrogens with two attached hydrogens (primary N) is 1. The van der Waals surface area contributed by atoms with Gasteiger partial charge in [0.05, 0.1) is 6.54 Å². The van der Waals surface area contributed by atoms with Crippen molar-refractivity contribution in [2.75, 3.05) is 19.8 Å². The molecule has 0 atom stereocenters. The maximum Gasteiger partial charge on any atom is 0.0555 e. The summed E-state index contributed by atoms with van der Waals surface area (Å²) >= 11 is 2.03. The lowest BCUT2D eigenvalue weighted by molar-refractivity contribution is 0.1000. The van der Waals surface area contributed by atoms with E-state index in [0.29, 0.717) is 6.54 Å². The summed E-state index contributed by atoms with van der Waals surface area (Å²) in [4.78, 5) is 0. The monoisotopic (exact) mass is 261 g/mol. The van der Waals surface area contributed by atoms with E-state index >= 15 is 0 Å². The molecule has 1 aromatic carbocycles. The van der Waals surface area contributed by atoms with Crippen LogP contribution in [0.5, 0.6) is 0 Å². The van der Waals surface area contributed by atoms with Crippen LogP contribution in [0.25, 0.3) is 0 Å². The molecular formula is C15H19NOS. The topological polar surface area (TPSA) is 35.2 Å². The van der Waals surface area contributed by atoms with Crippen molar-refractivity contribution in [1.82, 2.24) is 0 Å². The SMILES string of the molecule is NCC#Cc1cccc(CSC2CCOCC2)c1. The Labute approximate surface area is 113 Å². The molecule has 3 heteroatoms. The molecule has 0 saturated carbocycles. The standard InChI is InChI=1S/C15H19NOS/c16-8-2-5-13-3-1-4-14(11-13)12-18-15-6-9-17-10-7-15/h1,3-4,11,15H,6-10,12,16H2. The molecule has 1 aliphatic heterocycles. The van der Waals surface area contributed by atoms with Crippen molar-refractivity contribution in [1.29, 1.82) is 0 Å². The Morgan fingerprint density at radius 1 is 1.33 bits per heavy atom. The summed E-state index contributed by atoms with van der Waals surface area (Å²) in [5.74, 6) is 7.03. The van der Waals surface area contributed by atoms with E-state index in [1.807, 2.05) is 17.8 Å². The molecule has 1 heterocycles.